The second-order valence-corrected chi connectivity index (χ2v) is 7.65. The molecule has 1 aromatic heterocycles. The van der Waals surface area contributed by atoms with E-state index in [1.165, 1.54) is 16.7 Å². The molecule has 0 aliphatic carbocycles. The Hall–Kier alpha value is -3.38. The van der Waals surface area contributed by atoms with E-state index in [1.807, 2.05) is 30.5 Å². The number of benzene rings is 3. The van der Waals surface area contributed by atoms with Gasteiger partial charge < -0.3 is 14.8 Å². The molecule has 0 spiro atoms. The third-order valence-electron chi connectivity index (χ3n) is 4.91. The maximum absolute atomic E-state index is 12.8. The number of nitrogens with one attached hydrogen (secondary N) is 1. The van der Waals surface area contributed by atoms with Gasteiger partial charge in [0.15, 0.2) is 11.5 Å². The number of fused-ring (bicyclic) bond motifs is 1. The van der Waals surface area contributed by atoms with Crippen LogP contribution in [0.2, 0.25) is 0 Å². The van der Waals surface area contributed by atoms with Crippen LogP contribution in [0.15, 0.2) is 71.6 Å². The molecule has 0 radical (unpaired) electrons. The van der Waals surface area contributed by atoms with E-state index in [1.54, 1.807) is 30.8 Å². The molecule has 0 bridgehead atoms. The molecule has 0 fully saturated rings. The monoisotopic (exact) mass is 418 g/mol. The zero-order valence-corrected chi connectivity index (χ0v) is 17.6. The Bertz CT molecular complexity index is 1160. The Morgan fingerprint density at radius 1 is 1.07 bits per heavy atom. The summed E-state index contributed by atoms with van der Waals surface area (Å²) >= 11 is 1.52. The first kappa shape index (κ1) is 19.9. The summed E-state index contributed by atoms with van der Waals surface area (Å²) in [6.45, 7) is 2.33. The van der Waals surface area contributed by atoms with E-state index in [-0.39, 0.29) is 11.9 Å². The van der Waals surface area contributed by atoms with Gasteiger partial charge in [-0.05, 0) is 47.5 Å². The van der Waals surface area contributed by atoms with Crippen molar-refractivity contribution in [1.82, 2.24) is 10.3 Å². The number of hydrogen-bond donors (Lipinski definition) is 1. The van der Waals surface area contributed by atoms with E-state index in [0.29, 0.717) is 23.7 Å². The number of carbonyl (C=O) groups excluding carboxylic acids is 1. The molecule has 0 saturated carbocycles. The number of methoxy groups -OCH3 is 1. The van der Waals surface area contributed by atoms with Gasteiger partial charge in [0.1, 0.15) is 6.61 Å². The molecule has 0 aliphatic heterocycles. The van der Waals surface area contributed by atoms with Gasteiger partial charge in [-0.2, -0.15) is 0 Å². The summed E-state index contributed by atoms with van der Waals surface area (Å²) in [4.78, 5) is 17.0. The minimum absolute atomic E-state index is 0.131. The molecule has 152 valence electrons. The summed E-state index contributed by atoms with van der Waals surface area (Å²) in [5.41, 5.74) is 4.19. The summed E-state index contributed by atoms with van der Waals surface area (Å²) in [5, 5.41) is 7.32. The fourth-order valence-corrected chi connectivity index (χ4v) is 3.77. The van der Waals surface area contributed by atoms with Crippen LogP contribution in [0.1, 0.15) is 34.6 Å². The third kappa shape index (κ3) is 4.44. The highest BCUT2D eigenvalue weighted by atomic mass is 32.1. The highest BCUT2D eigenvalue weighted by Gasteiger charge is 2.15. The van der Waals surface area contributed by atoms with Crippen molar-refractivity contribution < 1.29 is 14.3 Å². The van der Waals surface area contributed by atoms with Crippen molar-refractivity contribution in [3.63, 3.8) is 0 Å². The zero-order valence-electron chi connectivity index (χ0n) is 16.8. The van der Waals surface area contributed by atoms with E-state index in [0.717, 1.165) is 16.6 Å². The minimum Gasteiger partial charge on any atom is -0.493 e. The number of rotatable bonds is 7. The number of ether oxygens (including phenoxy) is 2. The average Bonchev–Trinajstić information content (AvgIpc) is 3.30. The summed E-state index contributed by atoms with van der Waals surface area (Å²) in [7, 11) is 1.56. The van der Waals surface area contributed by atoms with Crippen LogP contribution in [0.5, 0.6) is 11.5 Å². The molecule has 0 aliphatic rings. The highest BCUT2D eigenvalue weighted by molar-refractivity contribution is 7.07. The zero-order chi connectivity index (χ0) is 20.9. The summed E-state index contributed by atoms with van der Waals surface area (Å²) in [6, 6.07) is 19.5. The van der Waals surface area contributed by atoms with E-state index >= 15 is 0 Å². The number of hydrogen-bond acceptors (Lipinski definition) is 5. The van der Waals surface area contributed by atoms with Crippen LogP contribution in [0.25, 0.3) is 10.8 Å². The first-order valence-corrected chi connectivity index (χ1v) is 10.6. The SMILES string of the molecule is COc1cc(C(=O)NC(C)c2ccc3ccccc3c2)ccc1OCc1cscn1. The van der Waals surface area contributed by atoms with Crippen molar-refractivity contribution in [2.45, 2.75) is 19.6 Å². The van der Waals surface area contributed by atoms with E-state index < -0.39 is 0 Å². The lowest BCUT2D eigenvalue weighted by Gasteiger charge is -2.16. The van der Waals surface area contributed by atoms with Crippen molar-refractivity contribution in [2.75, 3.05) is 7.11 Å². The molecule has 3 aromatic carbocycles. The normalized spacial score (nSPS) is 11.8. The van der Waals surface area contributed by atoms with E-state index in [9.17, 15) is 4.79 Å². The Morgan fingerprint density at radius 3 is 2.67 bits per heavy atom. The quantitative estimate of drug-likeness (QED) is 0.438. The standard InChI is InChI=1S/C24H22N2O3S/c1-16(18-8-7-17-5-3-4-6-19(17)11-18)26-24(27)20-9-10-22(23(12-20)28-2)29-13-21-14-30-15-25-21/h3-12,14-16H,13H2,1-2H3,(H,26,27). The second kappa shape index (κ2) is 8.97. The van der Waals surface area contributed by atoms with Crippen LogP contribution in [0.3, 0.4) is 0 Å². The van der Waals surface area contributed by atoms with Gasteiger partial charge in [0.2, 0.25) is 0 Å². The number of nitrogens with zero attached hydrogens (tertiary/aromatic N) is 1. The molecule has 1 unspecified atom stereocenters. The number of amides is 1. The lowest BCUT2D eigenvalue weighted by Crippen LogP contribution is -2.26. The average molecular weight is 419 g/mol. The van der Waals surface area contributed by atoms with Gasteiger partial charge in [-0.25, -0.2) is 4.98 Å². The van der Waals surface area contributed by atoms with Crippen molar-refractivity contribution >= 4 is 28.0 Å². The van der Waals surface area contributed by atoms with Gasteiger partial charge in [-0.3, -0.25) is 4.79 Å². The molecule has 30 heavy (non-hydrogen) atoms. The summed E-state index contributed by atoms with van der Waals surface area (Å²) < 4.78 is 11.2. The van der Waals surface area contributed by atoms with Gasteiger partial charge in [0.05, 0.1) is 24.4 Å². The molecule has 0 saturated heterocycles. The Morgan fingerprint density at radius 2 is 1.90 bits per heavy atom. The van der Waals surface area contributed by atoms with E-state index in [2.05, 4.69) is 34.6 Å². The highest BCUT2D eigenvalue weighted by Crippen LogP contribution is 2.29. The van der Waals surface area contributed by atoms with Gasteiger partial charge in [-0.15, -0.1) is 11.3 Å². The molecule has 1 atom stereocenters. The largest absolute Gasteiger partial charge is 0.493 e. The first-order valence-electron chi connectivity index (χ1n) is 9.61. The van der Waals surface area contributed by atoms with Crippen molar-refractivity contribution in [1.29, 1.82) is 0 Å². The minimum atomic E-state index is -0.167. The molecule has 4 rings (SSSR count). The first-order chi connectivity index (χ1) is 14.6. The van der Waals surface area contributed by atoms with Crippen LogP contribution in [0, 0.1) is 0 Å². The predicted octanol–water partition coefficient (Wildman–Crippen LogP) is 5.37. The molecule has 1 heterocycles. The molecular weight excluding hydrogens is 396 g/mol. The molecule has 6 heteroatoms. The third-order valence-corrected chi connectivity index (χ3v) is 5.54. The lowest BCUT2D eigenvalue weighted by atomic mass is 10.0. The molecule has 5 nitrogen and oxygen atoms in total. The molecule has 4 aromatic rings. The van der Waals surface area contributed by atoms with Crippen LogP contribution < -0.4 is 14.8 Å². The smallest absolute Gasteiger partial charge is 0.251 e. The van der Waals surface area contributed by atoms with Gasteiger partial charge in [0, 0.05) is 10.9 Å². The number of aromatic nitrogens is 1. The van der Waals surface area contributed by atoms with E-state index in [4.69, 9.17) is 9.47 Å². The number of carbonyl (C=O) groups is 1. The van der Waals surface area contributed by atoms with Crippen molar-refractivity contribution in [3.8, 4) is 11.5 Å². The Balaban J connectivity index is 1.46. The predicted molar refractivity (Wildman–Crippen MR) is 119 cm³/mol. The van der Waals surface area contributed by atoms with Gasteiger partial charge in [-0.1, -0.05) is 36.4 Å². The van der Waals surface area contributed by atoms with Gasteiger partial charge in [0.25, 0.3) is 5.91 Å². The van der Waals surface area contributed by atoms with Crippen LogP contribution >= 0.6 is 11.3 Å². The lowest BCUT2D eigenvalue weighted by molar-refractivity contribution is 0.0939. The molecular formula is C24H22N2O3S. The molecule has 1 amide bonds. The maximum Gasteiger partial charge on any atom is 0.251 e. The van der Waals surface area contributed by atoms with Crippen LogP contribution in [-0.2, 0) is 6.61 Å². The second-order valence-electron chi connectivity index (χ2n) is 6.94. The van der Waals surface area contributed by atoms with Crippen molar-refractivity contribution in [2.24, 2.45) is 0 Å². The fraction of sp³-hybridized carbons (Fsp3) is 0.167. The topological polar surface area (TPSA) is 60.5 Å². The molecule has 1 N–H and O–H groups in total. The summed E-state index contributed by atoms with van der Waals surface area (Å²) in [5.74, 6) is 0.917. The van der Waals surface area contributed by atoms with Crippen LogP contribution in [0.4, 0.5) is 0 Å². The summed E-state index contributed by atoms with van der Waals surface area (Å²) in [6.07, 6.45) is 0. The Labute approximate surface area is 179 Å². The van der Waals surface area contributed by atoms with Gasteiger partial charge >= 0.3 is 0 Å². The van der Waals surface area contributed by atoms with Crippen LogP contribution in [-0.4, -0.2) is 18.0 Å². The maximum atomic E-state index is 12.8. The number of thiazole rings is 1. The Kier molecular flexibility index (Phi) is 5.95. The van der Waals surface area contributed by atoms with Crippen molar-refractivity contribution in [3.05, 3.63) is 88.4 Å². The fourth-order valence-electron chi connectivity index (χ4n) is 3.23.